The number of nitrogens with one attached hydrogen (secondary N) is 1. The van der Waals surface area contributed by atoms with E-state index in [1.165, 1.54) is 0 Å². The van der Waals surface area contributed by atoms with Gasteiger partial charge in [-0.15, -0.1) is 0 Å². The molecule has 1 aromatic carbocycles. The van der Waals surface area contributed by atoms with E-state index in [0.29, 0.717) is 33.8 Å². The number of halogens is 2. The van der Waals surface area contributed by atoms with E-state index in [0.717, 1.165) is 0 Å². The molecule has 96 valence electrons. The third kappa shape index (κ3) is 3.95. The first-order chi connectivity index (χ1) is 7.95. The van der Waals surface area contributed by atoms with Gasteiger partial charge < -0.3 is 16.2 Å². The maximum absolute atomic E-state index is 9.02. The Balaban J connectivity index is 2.93. The van der Waals surface area contributed by atoms with Crippen molar-refractivity contribution in [2.24, 2.45) is 5.92 Å². The fraction of sp³-hybridized carbons (Fsp3) is 0.500. The van der Waals surface area contributed by atoms with Gasteiger partial charge in [-0.2, -0.15) is 0 Å². The average molecular weight is 277 g/mol. The van der Waals surface area contributed by atoms with Crippen molar-refractivity contribution in [2.45, 2.75) is 26.3 Å². The number of nitrogen functional groups attached to an aromatic ring is 1. The first-order valence-electron chi connectivity index (χ1n) is 5.57. The van der Waals surface area contributed by atoms with Crippen LogP contribution in [0.15, 0.2) is 12.1 Å². The van der Waals surface area contributed by atoms with E-state index in [4.69, 9.17) is 34.0 Å². The van der Waals surface area contributed by atoms with E-state index in [1.807, 2.05) is 0 Å². The van der Waals surface area contributed by atoms with Crippen LogP contribution in [0.2, 0.25) is 10.0 Å². The summed E-state index contributed by atoms with van der Waals surface area (Å²) in [5.41, 5.74) is 6.85. The molecule has 0 radical (unpaired) electrons. The van der Waals surface area contributed by atoms with E-state index < -0.39 is 0 Å². The molecule has 3 nitrogen and oxygen atoms in total. The SMILES string of the molecule is CC(C)C(CCO)Nc1c(Cl)cc(N)cc1Cl. The van der Waals surface area contributed by atoms with Gasteiger partial charge in [0, 0.05) is 18.3 Å². The normalized spacial score (nSPS) is 12.8. The lowest BCUT2D eigenvalue weighted by Crippen LogP contribution is -2.27. The summed E-state index contributed by atoms with van der Waals surface area (Å²) in [4.78, 5) is 0. The Morgan fingerprint density at radius 3 is 2.24 bits per heavy atom. The Kier molecular flexibility index (Phi) is 5.37. The zero-order valence-electron chi connectivity index (χ0n) is 10.0. The highest BCUT2D eigenvalue weighted by molar-refractivity contribution is 6.39. The first-order valence-corrected chi connectivity index (χ1v) is 6.33. The highest BCUT2D eigenvalue weighted by Crippen LogP contribution is 2.34. The van der Waals surface area contributed by atoms with Crippen molar-refractivity contribution < 1.29 is 5.11 Å². The van der Waals surface area contributed by atoms with E-state index in [1.54, 1.807) is 12.1 Å². The molecule has 0 fully saturated rings. The minimum atomic E-state index is 0.124. The molecule has 0 amide bonds. The van der Waals surface area contributed by atoms with Crippen LogP contribution in [-0.4, -0.2) is 17.8 Å². The smallest absolute Gasteiger partial charge is 0.0722 e. The van der Waals surface area contributed by atoms with Crippen LogP contribution in [0.3, 0.4) is 0 Å². The van der Waals surface area contributed by atoms with Gasteiger partial charge in [0.1, 0.15) is 0 Å². The van der Waals surface area contributed by atoms with Crippen molar-refractivity contribution in [1.29, 1.82) is 0 Å². The summed E-state index contributed by atoms with van der Waals surface area (Å²) >= 11 is 12.2. The summed E-state index contributed by atoms with van der Waals surface area (Å²) in [5.74, 6) is 0.367. The minimum Gasteiger partial charge on any atom is -0.399 e. The molecule has 0 saturated heterocycles. The van der Waals surface area contributed by atoms with Crippen molar-refractivity contribution in [3.63, 3.8) is 0 Å². The van der Waals surface area contributed by atoms with Crippen LogP contribution < -0.4 is 11.1 Å². The molecule has 1 aromatic rings. The lowest BCUT2D eigenvalue weighted by Gasteiger charge is -2.24. The standard InChI is InChI=1S/C12H18Cl2N2O/c1-7(2)11(3-4-17)16-12-9(13)5-8(15)6-10(12)14/h5-7,11,16-17H,3-4,15H2,1-2H3. The molecule has 0 aliphatic heterocycles. The van der Waals surface area contributed by atoms with Gasteiger partial charge in [-0.1, -0.05) is 37.0 Å². The molecular weight excluding hydrogens is 259 g/mol. The lowest BCUT2D eigenvalue weighted by molar-refractivity contribution is 0.267. The van der Waals surface area contributed by atoms with Crippen LogP contribution >= 0.6 is 23.2 Å². The Morgan fingerprint density at radius 1 is 1.29 bits per heavy atom. The number of benzene rings is 1. The van der Waals surface area contributed by atoms with Crippen molar-refractivity contribution in [1.82, 2.24) is 0 Å². The molecule has 17 heavy (non-hydrogen) atoms. The second-order valence-electron chi connectivity index (χ2n) is 4.37. The minimum absolute atomic E-state index is 0.124. The fourth-order valence-electron chi connectivity index (χ4n) is 1.63. The quantitative estimate of drug-likeness (QED) is 0.723. The van der Waals surface area contributed by atoms with Gasteiger partial charge >= 0.3 is 0 Å². The van der Waals surface area contributed by atoms with Crippen molar-refractivity contribution in [2.75, 3.05) is 17.7 Å². The van der Waals surface area contributed by atoms with E-state index in [2.05, 4.69) is 19.2 Å². The molecule has 0 aliphatic carbocycles. The van der Waals surface area contributed by atoms with Crippen molar-refractivity contribution in [3.05, 3.63) is 22.2 Å². The molecule has 0 bridgehead atoms. The van der Waals surface area contributed by atoms with Crippen LogP contribution in [0.25, 0.3) is 0 Å². The van der Waals surface area contributed by atoms with Crippen LogP contribution in [0.5, 0.6) is 0 Å². The predicted octanol–water partition coefficient (Wildman–Crippen LogP) is 3.39. The molecule has 0 spiro atoms. The third-order valence-electron chi connectivity index (χ3n) is 2.64. The van der Waals surface area contributed by atoms with Gasteiger partial charge in [0.25, 0.3) is 0 Å². The molecule has 5 heteroatoms. The van der Waals surface area contributed by atoms with E-state index in [9.17, 15) is 0 Å². The zero-order valence-corrected chi connectivity index (χ0v) is 11.5. The molecule has 0 heterocycles. The van der Waals surface area contributed by atoms with Crippen molar-refractivity contribution >= 4 is 34.6 Å². The monoisotopic (exact) mass is 276 g/mol. The predicted molar refractivity (Wildman–Crippen MR) is 74.8 cm³/mol. The molecular formula is C12H18Cl2N2O. The fourth-order valence-corrected chi connectivity index (χ4v) is 2.24. The Bertz CT molecular complexity index is 360. The summed E-state index contributed by atoms with van der Waals surface area (Å²) in [6.45, 7) is 4.28. The van der Waals surface area contributed by atoms with Gasteiger partial charge in [-0.3, -0.25) is 0 Å². The van der Waals surface area contributed by atoms with E-state index in [-0.39, 0.29) is 12.6 Å². The van der Waals surface area contributed by atoms with Crippen molar-refractivity contribution in [3.8, 4) is 0 Å². The first kappa shape index (κ1) is 14.4. The van der Waals surface area contributed by atoms with Crippen LogP contribution in [0.1, 0.15) is 20.3 Å². The number of hydrogen-bond donors (Lipinski definition) is 3. The Morgan fingerprint density at radius 2 is 1.82 bits per heavy atom. The Hall–Kier alpha value is -0.640. The van der Waals surface area contributed by atoms with Gasteiger partial charge in [-0.25, -0.2) is 0 Å². The molecule has 0 saturated carbocycles. The van der Waals surface area contributed by atoms with Gasteiger partial charge in [0.2, 0.25) is 0 Å². The van der Waals surface area contributed by atoms with Crippen LogP contribution in [0.4, 0.5) is 11.4 Å². The third-order valence-corrected chi connectivity index (χ3v) is 3.24. The maximum atomic E-state index is 9.02. The topological polar surface area (TPSA) is 58.3 Å². The number of nitrogens with two attached hydrogens (primary N) is 1. The number of aliphatic hydroxyl groups excluding tert-OH is 1. The second-order valence-corrected chi connectivity index (χ2v) is 5.18. The molecule has 4 N–H and O–H groups in total. The summed E-state index contributed by atoms with van der Waals surface area (Å²) in [6, 6.07) is 3.44. The number of hydrogen-bond acceptors (Lipinski definition) is 3. The summed E-state index contributed by atoms with van der Waals surface area (Å²) in [7, 11) is 0. The summed E-state index contributed by atoms with van der Waals surface area (Å²) < 4.78 is 0. The molecule has 1 rings (SSSR count). The van der Waals surface area contributed by atoms with Gasteiger partial charge in [0.15, 0.2) is 0 Å². The second kappa shape index (κ2) is 6.34. The summed E-state index contributed by atoms with van der Waals surface area (Å²) in [6.07, 6.45) is 0.648. The number of anilines is 2. The Labute approximate surface area is 112 Å². The number of rotatable bonds is 5. The highest BCUT2D eigenvalue weighted by Gasteiger charge is 2.16. The summed E-state index contributed by atoms with van der Waals surface area (Å²) in [5, 5.41) is 13.3. The maximum Gasteiger partial charge on any atom is 0.0722 e. The van der Waals surface area contributed by atoms with E-state index >= 15 is 0 Å². The zero-order chi connectivity index (χ0) is 13.0. The molecule has 0 aromatic heterocycles. The average Bonchev–Trinajstić information content (AvgIpc) is 2.21. The molecule has 1 unspecified atom stereocenters. The van der Waals surface area contributed by atoms with Crippen LogP contribution in [0, 0.1) is 5.92 Å². The lowest BCUT2D eigenvalue weighted by atomic mass is 10.0. The largest absolute Gasteiger partial charge is 0.399 e. The number of aliphatic hydroxyl groups is 1. The van der Waals surface area contributed by atoms with Gasteiger partial charge in [0.05, 0.1) is 15.7 Å². The van der Waals surface area contributed by atoms with Crippen LogP contribution in [-0.2, 0) is 0 Å². The molecule has 1 atom stereocenters. The molecule has 0 aliphatic rings. The van der Waals surface area contributed by atoms with Gasteiger partial charge in [-0.05, 0) is 24.5 Å². The highest BCUT2D eigenvalue weighted by atomic mass is 35.5.